The summed E-state index contributed by atoms with van der Waals surface area (Å²) in [4.78, 5) is 22.4. The van der Waals surface area contributed by atoms with Crippen molar-refractivity contribution in [1.82, 2.24) is 0 Å². The largest absolute Gasteiger partial charge is 0.545 e. The van der Waals surface area contributed by atoms with Crippen LogP contribution in [0.5, 0.6) is 5.75 Å². The topological polar surface area (TPSA) is 102 Å². The SMILES string of the molecule is COc1cc(C(=O)[O-])cc2c1N[C@@H](c1ccc(C(=O)[O-])cc1)[C@H]1CC=C[C@H]21. The molecule has 0 saturated heterocycles. The molecule has 1 aliphatic carbocycles. The number of allylic oxidation sites excluding steroid dienone is 2. The van der Waals surface area contributed by atoms with E-state index < -0.39 is 11.9 Å². The first-order valence-corrected chi connectivity index (χ1v) is 8.67. The third-order valence-corrected chi connectivity index (χ3v) is 5.39. The Morgan fingerprint density at radius 2 is 1.78 bits per heavy atom. The highest BCUT2D eigenvalue weighted by atomic mass is 16.5. The number of nitrogens with one attached hydrogen (secondary N) is 1. The lowest BCUT2D eigenvalue weighted by Gasteiger charge is -2.38. The molecule has 6 heteroatoms. The number of benzene rings is 2. The van der Waals surface area contributed by atoms with Crippen LogP contribution < -0.4 is 20.3 Å². The molecule has 4 rings (SSSR count). The number of fused-ring (bicyclic) bond motifs is 3. The van der Waals surface area contributed by atoms with Crippen molar-refractivity contribution in [2.24, 2.45) is 5.92 Å². The van der Waals surface area contributed by atoms with Gasteiger partial charge in [-0.05, 0) is 41.2 Å². The Bertz CT molecular complexity index is 948. The zero-order valence-electron chi connectivity index (χ0n) is 14.6. The van der Waals surface area contributed by atoms with Crippen molar-refractivity contribution in [3.63, 3.8) is 0 Å². The molecule has 1 heterocycles. The minimum absolute atomic E-state index is 0.0419. The van der Waals surface area contributed by atoms with Gasteiger partial charge in [-0.3, -0.25) is 0 Å². The molecule has 0 aromatic heterocycles. The van der Waals surface area contributed by atoms with Crippen molar-refractivity contribution in [3.05, 3.63) is 70.8 Å². The standard InChI is InChI=1S/C21H19NO5/c1-27-17-10-13(21(25)26)9-16-14-3-2-4-15(14)18(22-19(16)17)11-5-7-12(8-6-11)20(23)24/h2-3,5-10,14-15,18,22H,4H2,1H3,(H,23,24)(H,25,26)/p-2/t14-,15-,18-/m0/s1. The maximum atomic E-state index is 11.4. The molecule has 2 aromatic carbocycles. The summed E-state index contributed by atoms with van der Waals surface area (Å²) in [5.74, 6) is -1.77. The van der Waals surface area contributed by atoms with E-state index in [2.05, 4.69) is 17.5 Å². The fourth-order valence-electron chi connectivity index (χ4n) is 4.10. The number of hydrogen-bond acceptors (Lipinski definition) is 6. The van der Waals surface area contributed by atoms with E-state index in [9.17, 15) is 19.8 Å². The van der Waals surface area contributed by atoms with E-state index in [1.807, 2.05) is 0 Å². The van der Waals surface area contributed by atoms with Gasteiger partial charge in [-0.15, -0.1) is 0 Å². The Labute approximate surface area is 156 Å². The zero-order chi connectivity index (χ0) is 19.1. The van der Waals surface area contributed by atoms with E-state index in [1.165, 1.54) is 25.3 Å². The second kappa shape index (κ2) is 6.46. The molecule has 2 aromatic rings. The van der Waals surface area contributed by atoms with Crippen molar-refractivity contribution in [3.8, 4) is 5.75 Å². The molecule has 0 radical (unpaired) electrons. The second-order valence-electron chi connectivity index (χ2n) is 6.82. The number of ether oxygens (including phenoxy) is 1. The normalized spacial score (nSPS) is 22.5. The third-order valence-electron chi connectivity index (χ3n) is 5.39. The molecule has 0 unspecified atom stereocenters. The summed E-state index contributed by atoms with van der Waals surface area (Å²) in [5.41, 5.74) is 2.80. The average molecular weight is 363 g/mol. The second-order valence-corrected chi connectivity index (χ2v) is 6.82. The number of anilines is 1. The maximum Gasteiger partial charge on any atom is 0.142 e. The molecule has 3 atom stereocenters. The molecule has 0 saturated carbocycles. The lowest BCUT2D eigenvalue weighted by molar-refractivity contribution is -0.256. The van der Waals surface area contributed by atoms with Gasteiger partial charge in [-0.2, -0.15) is 0 Å². The molecule has 6 nitrogen and oxygen atoms in total. The van der Waals surface area contributed by atoms with Crippen LogP contribution in [-0.4, -0.2) is 19.0 Å². The number of carboxylic acids is 2. The van der Waals surface area contributed by atoms with Crippen LogP contribution in [0, 0.1) is 5.92 Å². The number of methoxy groups -OCH3 is 1. The van der Waals surface area contributed by atoms with Gasteiger partial charge in [0.15, 0.2) is 0 Å². The molecule has 0 bridgehead atoms. The number of carbonyl (C=O) groups excluding carboxylic acids is 2. The molecule has 138 valence electrons. The molecular formula is C21H17NO5-2. The van der Waals surface area contributed by atoms with Crippen molar-refractivity contribution in [1.29, 1.82) is 0 Å². The summed E-state index contributed by atoms with van der Waals surface area (Å²) in [6, 6.07) is 9.68. The molecule has 0 amide bonds. The van der Waals surface area contributed by atoms with Crippen LogP contribution in [0.15, 0.2) is 48.6 Å². The van der Waals surface area contributed by atoms with E-state index in [1.54, 1.807) is 18.2 Å². The Morgan fingerprint density at radius 1 is 1.07 bits per heavy atom. The van der Waals surface area contributed by atoms with Crippen molar-refractivity contribution < 1.29 is 24.5 Å². The number of rotatable bonds is 4. The molecule has 2 aliphatic rings. The summed E-state index contributed by atoms with van der Waals surface area (Å²) >= 11 is 0. The number of carbonyl (C=O) groups is 2. The van der Waals surface area contributed by atoms with Crippen LogP contribution in [0.1, 0.15) is 50.2 Å². The van der Waals surface area contributed by atoms with Gasteiger partial charge in [-0.25, -0.2) is 0 Å². The Morgan fingerprint density at radius 3 is 2.41 bits per heavy atom. The zero-order valence-corrected chi connectivity index (χ0v) is 14.6. The first-order chi connectivity index (χ1) is 13.0. The van der Waals surface area contributed by atoms with E-state index in [0.717, 1.165) is 23.2 Å². The first kappa shape index (κ1) is 17.1. The first-order valence-electron chi connectivity index (χ1n) is 8.67. The number of aromatic carboxylic acids is 2. The Hall–Kier alpha value is -3.28. The molecule has 0 fully saturated rings. The Balaban J connectivity index is 1.79. The summed E-state index contributed by atoms with van der Waals surface area (Å²) < 4.78 is 5.42. The fraction of sp³-hybridized carbons (Fsp3) is 0.238. The average Bonchev–Trinajstić information content (AvgIpc) is 3.16. The quantitative estimate of drug-likeness (QED) is 0.821. The fourth-order valence-corrected chi connectivity index (χ4v) is 4.10. The Kier molecular flexibility index (Phi) is 4.11. The summed E-state index contributed by atoms with van der Waals surface area (Å²) in [7, 11) is 1.50. The van der Waals surface area contributed by atoms with Gasteiger partial charge in [0.1, 0.15) is 5.75 Å². The number of hydrogen-bond donors (Lipinski definition) is 1. The van der Waals surface area contributed by atoms with E-state index >= 15 is 0 Å². The summed E-state index contributed by atoms with van der Waals surface area (Å²) in [5, 5.41) is 25.8. The highest BCUT2D eigenvalue weighted by Crippen LogP contribution is 2.52. The van der Waals surface area contributed by atoms with Gasteiger partial charge >= 0.3 is 0 Å². The molecule has 1 N–H and O–H groups in total. The van der Waals surface area contributed by atoms with Crippen molar-refractivity contribution in [2.75, 3.05) is 12.4 Å². The molecule has 27 heavy (non-hydrogen) atoms. The monoisotopic (exact) mass is 363 g/mol. The van der Waals surface area contributed by atoms with Crippen LogP contribution >= 0.6 is 0 Å². The van der Waals surface area contributed by atoms with E-state index in [-0.39, 0.29) is 29.0 Å². The highest BCUT2D eigenvalue weighted by Gasteiger charge is 2.39. The van der Waals surface area contributed by atoms with Crippen LogP contribution in [0.25, 0.3) is 0 Å². The van der Waals surface area contributed by atoms with Gasteiger partial charge in [0, 0.05) is 11.5 Å². The predicted molar refractivity (Wildman–Crippen MR) is 94.4 cm³/mol. The maximum absolute atomic E-state index is 11.4. The van der Waals surface area contributed by atoms with Crippen LogP contribution in [0.3, 0.4) is 0 Å². The molecular weight excluding hydrogens is 346 g/mol. The van der Waals surface area contributed by atoms with Crippen molar-refractivity contribution in [2.45, 2.75) is 18.4 Å². The van der Waals surface area contributed by atoms with E-state index in [0.29, 0.717) is 5.75 Å². The van der Waals surface area contributed by atoms with Gasteiger partial charge in [0.25, 0.3) is 0 Å². The van der Waals surface area contributed by atoms with Gasteiger partial charge in [0.2, 0.25) is 0 Å². The number of carboxylic acid groups (broad SMARTS) is 2. The van der Waals surface area contributed by atoms with Crippen LogP contribution in [0.2, 0.25) is 0 Å². The van der Waals surface area contributed by atoms with Gasteiger partial charge in [0.05, 0.1) is 30.8 Å². The lowest BCUT2D eigenvalue weighted by atomic mass is 9.76. The van der Waals surface area contributed by atoms with E-state index in [4.69, 9.17) is 4.74 Å². The van der Waals surface area contributed by atoms with Crippen LogP contribution in [-0.2, 0) is 0 Å². The minimum atomic E-state index is -1.24. The predicted octanol–water partition coefficient (Wildman–Crippen LogP) is 1.25. The summed E-state index contributed by atoms with van der Waals surface area (Å²) in [6.07, 6.45) is 5.01. The summed E-state index contributed by atoms with van der Waals surface area (Å²) in [6.45, 7) is 0. The third kappa shape index (κ3) is 2.83. The minimum Gasteiger partial charge on any atom is -0.545 e. The smallest absolute Gasteiger partial charge is 0.142 e. The highest BCUT2D eigenvalue weighted by molar-refractivity contribution is 5.89. The molecule has 1 aliphatic heterocycles. The van der Waals surface area contributed by atoms with Crippen molar-refractivity contribution >= 4 is 17.6 Å². The van der Waals surface area contributed by atoms with Crippen LogP contribution in [0.4, 0.5) is 5.69 Å². The molecule has 0 spiro atoms. The van der Waals surface area contributed by atoms with Gasteiger partial charge in [-0.1, -0.05) is 36.4 Å². The lowest BCUT2D eigenvalue weighted by Crippen LogP contribution is -2.30. The van der Waals surface area contributed by atoms with Gasteiger partial charge < -0.3 is 29.9 Å².